The van der Waals surface area contributed by atoms with Crippen molar-refractivity contribution in [1.29, 1.82) is 0 Å². The molecule has 1 N–H and O–H groups in total. The van der Waals surface area contributed by atoms with Crippen molar-refractivity contribution in [2.45, 2.75) is 13.7 Å². The maximum absolute atomic E-state index is 12.4. The Morgan fingerprint density at radius 3 is 2.09 bits per heavy atom. The molecule has 35 heavy (non-hydrogen) atoms. The van der Waals surface area contributed by atoms with Gasteiger partial charge >= 0.3 is 17.9 Å². The Morgan fingerprint density at radius 2 is 1.46 bits per heavy atom. The standard InChI is InChI=1S/C27H23NO7/c1-18-24(25(29)30)22-16-21(35-27(32)20-10-6-3-7-11-20)12-13-23(22)28(18)17-33-14-15-34-26(31)19-8-4-2-5-9-19/h2-13,16H,14-15,17H2,1H3,(H,29,30). The number of hydrogen-bond donors (Lipinski definition) is 1. The van der Waals surface area contributed by atoms with Crippen LogP contribution in [-0.2, 0) is 16.2 Å². The molecule has 3 aromatic carbocycles. The third-order valence-corrected chi connectivity index (χ3v) is 5.42. The van der Waals surface area contributed by atoms with E-state index >= 15 is 0 Å². The van der Waals surface area contributed by atoms with Gasteiger partial charge in [-0.15, -0.1) is 0 Å². The summed E-state index contributed by atoms with van der Waals surface area (Å²) >= 11 is 0. The van der Waals surface area contributed by atoms with E-state index < -0.39 is 17.9 Å². The Morgan fingerprint density at radius 1 is 0.829 bits per heavy atom. The van der Waals surface area contributed by atoms with Crippen molar-refractivity contribution in [1.82, 2.24) is 4.57 Å². The van der Waals surface area contributed by atoms with Crippen LogP contribution < -0.4 is 4.74 Å². The highest BCUT2D eigenvalue weighted by Gasteiger charge is 2.21. The molecule has 0 spiro atoms. The van der Waals surface area contributed by atoms with E-state index in [0.29, 0.717) is 27.7 Å². The molecular weight excluding hydrogens is 450 g/mol. The number of nitrogens with zero attached hydrogens (tertiary/aromatic N) is 1. The maximum Gasteiger partial charge on any atom is 0.343 e. The van der Waals surface area contributed by atoms with Crippen LogP contribution in [0.2, 0.25) is 0 Å². The minimum Gasteiger partial charge on any atom is -0.478 e. The summed E-state index contributed by atoms with van der Waals surface area (Å²) in [6, 6.07) is 22.0. The number of ether oxygens (including phenoxy) is 3. The molecule has 0 aliphatic rings. The third kappa shape index (κ3) is 5.39. The molecule has 1 heterocycles. The molecule has 0 aliphatic carbocycles. The van der Waals surface area contributed by atoms with Gasteiger partial charge in [-0.3, -0.25) is 0 Å². The van der Waals surface area contributed by atoms with Crippen LogP contribution in [0.15, 0.2) is 78.9 Å². The predicted molar refractivity (Wildman–Crippen MR) is 128 cm³/mol. The van der Waals surface area contributed by atoms with Crippen LogP contribution >= 0.6 is 0 Å². The van der Waals surface area contributed by atoms with E-state index in [0.717, 1.165) is 0 Å². The second kappa shape index (κ2) is 10.7. The first kappa shape index (κ1) is 23.7. The molecule has 1 aromatic heterocycles. The van der Waals surface area contributed by atoms with Gasteiger partial charge in [0, 0.05) is 11.1 Å². The SMILES string of the molecule is Cc1c(C(=O)O)c2cc(OC(=O)c3ccccc3)ccc2n1COCCOC(=O)c1ccccc1. The summed E-state index contributed by atoms with van der Waals surface area (Å²) in [5, 5.41) is 10.2. The van der Waals surface area contributed by atoms with Crippen LogP contribution in [0.3, 0.4) is 0 Å². The van der Waals surface area contributed by atoms with E-state index in [1.54, 1.807) is 78.2 Å². The number of carboxylic acids is 1. The molecule has 8 nitrogen and oxygen atoms in total. The average Bonchev–Trinajstić information content (AvgIpc) is 3.15. The number of carbonyl (C=O) groups is 3. The van der Waals surface area contributed by atoms with Crippen LogP contribution in [0.4, 0.5) is 0 Å². The first-order chi connectivity index (χ1) is 17.0. The van der Waals surface area contributed by atoms with E-state index in [9.17, 15) is 19.5 Å². The minimum absolute atomic E-state index is 0.0529. The number of benzene rings is 3. The van der Waals surface area contributed by atoms with E-state index in [4.69, 9.17) is 14.2 Å². The number of hydrogen-bond acceptors (Lipinski definition) is 6. The topological polar surface area (TPSA) is 104 Å². The number of carboxylic acid groups (broad SMARTS) is 1. The maximum atomic E-state index is 12.4. The van der Waals surface area contributed by atoms with Crippen molar-refractivity contribution in [3.63, 3.8) is 0 Å². The number of rotatable bonds is 9. The second-order valence-electron chi connectivity index (χ2n) is 7.67. The van der Waals surface area contributed by atoms with Crippen molar-refractivity contribution >= 4 is 28.8 Å². The zero-order valence-corrected chi connectivity index (χ0v) is 19.0. The Kier molecular flexibility index (Phi) is 7.23. The largest absolute Gasteiger partial charge is 0.478 e. The first-order valence-corrected chi connectivity index (χ1v) is 10.9. The normalized spacial score (nSPS) is 10.8. The Labute approximate surface area is 201 Å². The van der Waals surface area contributed by atoms with Gasteiger partial charge in [0.1, 0.15) is 19.1 Å². The first-order valence-electron chi connectivity index (χ1n) is 10.9. The lowest BCUT2D eigenvalue weighted by Gasteiger charge is -2.10. The summed E-state index contributed by atoms with van der Waals surface area (Å²) in [7, 11) is 0. The molecular formula is C27H23NO7. The summed E-state index contributed by atoms with van der Waals surface area (Å²) in [5.41, 5.74) is 2.04. The fraction of sp³-hybridized carbons (Fsp3) is 0.148. The number of esters is 2. The number of aromatic nitrogens is 1. The monoisotopic (exact) mass is 473 g/mol. The van der Waals surface area contributed by atoms with Crippen molar-refractivity contribution in [2.75, 3.05) is 13.2 Å². The van der Waals surface area contributed by atoms with E-state index in [1.807, 2.05) is 6.07 Å². The van der Waals surface area contributed by atoms with Crippen LogP contribution in [-0.4, -0.2) is 40.8 Å². The van der Waals surface area contributed by atoms with Gasteiger partial charge in [0.25, 0.3) is 0 Å². The Hall–Kier alpha value is -4.43. The smallest absolute Gasteiger partial charge is 0.343 e. The molecule has 0 saturated carbocycles. The average molecular weight is 473 g/mol. The van der Waals surface area contributed by atoms with Gasteiger partial charge in [0.2, 0.25) is 0 Å². The zero-order valence-electron chi connectivity index (χ0n) is 19.0. The molecule has 0 unspecified atom stereocenters. The molecule has 0 atom stereocenters. The summed E-state index contributed by atoms with van der Waals surface area (Å²) in [4.78, 5) is 36.4. The van der Waals surface area contributed by atoms with Crippen LogP contribution in [0, 0.1) is 6.92 Å². The molecule has 0 saturated heterocycles. The van der Waals surface area contributed by atoms with Gasteiger partial charge in [0.15, 0.2) is 0 Å². The molecule has 8 heteroatoms. The number of aromatic carboxylic acids is 1. The summed E-state index contributed by atoms with van der Waals surface area (Å²) in [5.74, 6) is -1.84. The quantitative estimate of drug-likeness (QED) is 0.213. The highest BCUT2D eigenvalue weighted by molar-refractivity contribution is 6.05. The van der Waals surface area contributed by atoms with E-state index in [1.165, 1.54) is 6.07 Å². The molecule has 178 valence electrons. The van der Waals surface area contributed by atoms with E-state index in [-0.39, 0.29) is 31.3 Å². The molecule has 0 amide bonds. The summed E-state index contributed by atoms with van der Waals surface area (Å²) in [6.07, 6.45) is 0. The van der Waals surface area contributed by atoms with Crippen LogP contribution in [0.5, 0.6) is 5.75 Å². The van der Waals surface area contributed by atoms with Gasteiger partial charge in [-0.05, 0) is 49.4 Å². The van der Waals surface area contributed by atoms with Gasteiger partial charge < -0.3 is 23.9 Å². The highest BCUT2D eigenvalue weighted by atomic mass is 16.6. The summed E-state index contributed by atoms with van der Waals surface area (Å²) < 4.78 is 18.0. The minimum atomic E-state index is -1.10. The predicted octanol–water partition coefficient (Wildman–Crippen LogP) is 4.70. The molecule has 4 aromatic rings. The van der Waals surface area contributed by atoms with Crippen LogP contribution in [0.1, 0.15) is 36.8 Å². The van der Waals surface area contributed by atoms with Gasteiger partial charge in [-0.25, -0.2) is 14.4 Å². The third-order valence-electron chi connectivity index (χ3n) is 5.42. The van der Waals surface area contributed by atoms with Crippen LogP contribution in [0.25, 0.3) is 10.9 Å². The zero-order chi connectivity index (χ0) is 24.8. The van der Waals surface area contributed by atoms with Crippen molar-refractivity contribution in [2.24, 2.45) is 0 Å². The fourth-order valence-corrected chi connectivity index (χ4v) is 3.71. The van der Waals surface area contributed by atoms with Crippen molar-refractivity contribution in [3.8, 4) is 5.75 Å². The number of fused-ring (bicyclic) bond motifs is 1. The lowest BCUT2D eigenvalue weighted by atomic mass is 10.1. The molecule has 0 fully saturated rings. The Bertz CT molecular complexity index is 1360. The van der Waals surface area contributed by atoms with Gasteiger partial charge in [0.05, 0.1) is 28.8 Å². The lowest BCUT2D eigenvalue weighted by Crippen LogP contribution is -2.13. The van der Waals surface area contributed by atoms with Crippen molar-refractivity contribution in [3.05, 3.63) is 101 Å². The summed E-state index contributed by atoms with van der Waals surface area (Å²) in [6.45, 7) is 1.92. The number of carbonyl (C=O) groups excluding carboxylic acids is 2. The van der Waals surface area contributed by atoms with Crippen molar-refractivity contribution < 1.29 is 33.7 Å². The molecule has 0 radical (unpaired) electrons. The van der Waals surface area contributed by atoms with E-state index in [2.05, 4.69) is 0 Å². The molecule has 4 rings (SSSR count). The van der Waals surface area contributed by atoms with Gasteiger partial charge in [-0.1, -0.05) is 36.4 Å². The second-order valence-corrected chi connectivity index (χ2v) is 7.67. The lowest BCUT2D eigenvalue weighted by molar-refractivity contribution is 0.0178. The fourth-order valence-electron chi connectivity index (χ4n) is 3.71. The van der Waals surface area contributed by atoms with Gasteiger partial charge in [-0.2, -0.15) is 0 Å². The molecule has 0 aliphatic heterocycles. The highest BCUT2D eigenvalue weighted by Crippen LogP contribution is 2.30. The Balaban J connectivity index is 1.45. The molecule has 0 bridgehead atoms.